The van der Waals surface area contributed by atoms with Gasteiger partial charge in [0.05, 0.1) is 0 Å². The molecule has 0 aliphatic carbocycles. The first-order valence-corrected chi connectivity index (χ1v) is 2.19. The molecule has 0 saturated carbocycles. The first kappa shape index (κ1) is 38.1. The summed E-state index contributed by atoms with van der Waals surface area (Å²) in [5.41, 5.74) is 0. The zero-order valence-corrected chi connectivity index (χ0v) is 7.78. The van der Waals surface area contributed by atoms with E-state index < -0.39 is 0 Å². The maximum absolute atomic E-state index is 9.12. The summed E-state index contributed by atoms with van der Waals surface area (Å²) in [5.74, 6) is 0. The third-order valence-electron chi connectivity index (χ3n) is 0.214. The molecule has 0 bridgehead atoms. The first-order chi connectivity index (χ1) is 6.41. The van der Waals surface area contributed by atoms with Gasteiger partial charge in [0.15, 0.2) is 0 Å². The normalized spacial score (nSPS) is 3.21. The minimum Gasteiger partial charge on any atom is 0 e. The van der Waals surface area contributed by atoms with Crippen LogP contribution in [0.2, 0.25) is 0 Å². The molecule has 0 aromatic carbocycles. The Morgan fingerprint density at radius 3 is 1.14 bits per heavy atom. The molecule has 0 amide bonds. The number of hydrogen-bond donors (Lipinski definition) is 1. The van der Waals surface area contributed by atoms with Gasteiger partial charge in [-0.2, -0.15) is 0 Å². The van der Waals surface area contributed by atoms with Crippen molar-refractivity contribution in [2.24, 2.45) is 0 Å². The summed E-state index contributed by atoms with van der Waals surface area (Å²) in [6.07, 6.45) is 1.66. The van der Waals surface area contributed by atoms with Crippen molar-refractivity contribution in [3.63, 3.8) is 0 Å². The maximum atomic E-state index is 9.12. The maximum Gasteiger partial charge on any atom is 0 e. The summed E-state index contributed by atoms with van der Waals surface area (Å²) in [6.45, 7) is 17.9. The summed E-state index contributed by atoms with van der Waals surface area (Å²) in [4.78, 5) is 9.12. The second kappa shape index (κ2) is 339. The summed E-state index contributed by atoms with van der Waals surface area (Å²) >= 11 is 0. The smallest absolute Gasteiger partial charge is 0 e. The largest absolute Gasteiger partial charge is 0 e. The predicted octanol–water partition coefficient (Wildman–Crippen LogP) is -0.674. The van der Waals surface area contributed by atoms with Crippen LogP contribution in [0.1, 0.15) is 6.42 Å². The zero-order chi connectivity index (χ0) is 12.1. The first-order valence-electron chi connectivity index (χ1n) is 2.19. The Hall–Kier alpha value is -0.904. The molecule has 0 atom stereocenters. The molecule has 6 nitrogen and oxygen atoms in total. The van der Waals surface area contributed by atoms with Gasteiger partial charge in [0.25, 0.3) is 0 Å². The third-order valence-corrected chi connectivity index (χ3v) is 0.214. The second-order valence-corrected chi connectivity index (χ2v) is 0.618. The van der Waals surface area contributed by atoms with Gasteiger partial charge in [-0.25, -0.2) is 0 Å². The molecule has 0 saturated heterocycles. The van der Waals surface area contributed by atoms with E-state index in [-0.39, 0.29) is 29.8 Å². The Morgan fingerprint density at radius 2 is 1.14 bits per heavy atom. The van der Waals surface area contributed by atoms with Gasteiger partial charge < -0.3 is 9.90 Å². The van der Waals surface area contributed by atoms with Crippen molar-refractivity contribution >= 4 is 6.29 Å². The van der Waals surface area contributed by atoms with Gasteiger partial charge in [-0.3, -0.25) is 6.29 Å². The Morgan fingerprint density at radius 1 is 0.929 bits per heavy atom. The van der Waals surface area contributed by atoms with E-state index in [1.165, 1.54) is 6.29 Å². The van der Waals surface area contributed by atoms with E-state index in [1.807, 2.05) is 0 Å². The molecule has 1 N–H and O–H groups in total. The van der Waals surface area contributed by atoms with Crippen LogP contribution in [0.4, 0.5) is 0 Å². The quantitative estimate of drug-likeness (QED) is 0.512. The fourth-order valence-electron chi connectivity index (χ4n) is 0.0456. The van der Waals surface area contributed by atoms with Crippen molar-refractivity contribution in [3.8, 4) is 0 Å². The Labute approximate surface area is 91.7 Å². The van der Waals surface area contributed by atoms with E-state index in [0.717, 1.165) is 0 Å². The fraction of sp³-hybridized carbons (Fsp3) is 0.286. The Kier molecular flexibility index (Phi) is 921. The zero-order valence-electron chi connectivity index (χ0n) is 6.74. The summed E-state index contributed by atoms with van der Waals surface area (Å²) in [6, 6.07) is 0. The molecular formula is C7H5CoO6-. The van der Waals surface area contributed by atoms with Crippen LogP contribution in [-0.2, 0) is 40.2 Å². The number of aliphatic hydroxyl groups excluding tert-OH is 1. The molecule has 79 valence electrons. The van der Waals surface area contributed by atoms with Crippen LogP contribution < -0.4 is 0 Å². The van der Waals surface area contributed by atoms with E-state index in [2.05, 4.69) is 26.6 Å². The number of carbonyl (C=O) groups excluding carboxylic acids is 1. The molecule has 0 rings (SSSR count). The molecule has 0 aromatic rings. The van der Waals surface area contributed by atoms with Crippen LogP contribution in [0.15, 0.2) is 0 Å². The van der Waals surface area contributed by atoms with Crippen molar-refractivity contribution in [1.82, 2.24) is 0 Å². The van der Waals surface area contributed by atoms with Gasteiger partial charge in [0.2, 0.25) is 0 Å². The van der Waals surface area contributed by atoms with E-state index in [9.17, 15) is 0 Å². The van der Waals surface area contributed by atoms with Gasteiger partial charge in [0, 0.05) is 23.4 Å². The van der Waals surface area contributed by atoms with Crippen LogP contribution in [0.3, 0.4) is 0 Å². The minimum atomic E-state index is -0.0799. The average molecular weight is 244 g/mol. The molecule has 1 radical (unpaired) electrons. The second-order valence-electron chi connectivity index (χ2n) is 0.618. The fourth-order valence-corrected chi connectivity index (χ4v) is 0.0456. The molecular weight excluding hydrogens is 239 g/mol. The van der Waals surface area contributed by atoms with E-state index in [0.29, 0.717) is 0 Å². The van der Waals surface area contributed by atoms with Crippen molar-refractivity contribution in [3.05, 3.63) is 26.6 Å². The molecule has 0 unspecified atom stereocenters. The topological polar surface area (TPSA) is 117 Å². The van der Waals surface area contributed by atoms with Crippen LogP contribution in [-0.4, -0.2) is 18.0 Å². The summed E-state index contributed by atoms with van der Waals surface area (Å²) in [5, 5.41) is 7.80. The number of aliphatic hydroxyl groups is 1. The van der Waals surface area contributed by atoms with E-state index >= 15 is 0 Å². The molecule has 0 aromatic heterocycles. The van der Waals surface area contributed by atoms with Crippen molar-refractivity contribution in [2.45, 2.75) is 6.42 Å². The van der Waals surface area contributed by atoms with Gasteiger partial charge in [0.1, 0.15) is 0 Å². The molecule has 7 heteroatoms. The summed E-state index contributed by atoms with van der Waals surface area (Å²) in [7, 11) is 0. The molecule has 0 heterocycles. The van der Waals surface area contributed by atoms with Crippen LogP contribution >= 0.6 is 0 Å². The van der Waals surface area contributed by atoms with E-state index in [1.54, 1.807) is 0 Å². The third kappa shape index (κ3) is 941. The van der Waals surface area contributed by atoms with Crippen molar-refractivity contribution < 1.29 is 45.3 Å². The van der Waals surface area contributed by atoms with Gasteiger partial charge >= 0.3 is 45.2 Å². The molecule has 0 fully saturated rings. The van der Waals surface area contributed by atoms with Crippen LogP contribution in [0.25, 0.3) is 0 Å². The van der Waals surface area contributed by atoms with Crippen LogP contribution in [0, 0.1) is 26.6 Å². The monoisotopic (exact) mass is 244 g/mol. The van der Waals surface area contributed by atoms with Gasteiger partial charge in [-0.1, -0.05) is 0 Å². The Balaban J connectivity index is -0.0000000156. The molecule has 0 spiro atoms. The van der Waals surface area contributed by atoms with Gasteiger partial charge in [-0.05, 0) is 0 Å². The van der Waals surface area contributed by atoms with Crippen LogP contribution in [0.5, 0.6) is 0 Å². The minimum absolute atomic E-state index is 0. The van der Waals surface area contributed by atoms with Crippen molar-refractivity contribution in [2.75, 3.05) is 6.61 Å². The number of rotatable bonds is 2. The predicted molar refractivity (Wildman–Crippen MR) is 33.1 cm³/mol. The molecule has 14 heavy (non-hydrogen) atoms. The number of hydrogen-bond acceptors (Lipinski definition) is 2. The SMILES string of the molecule is O=[C-]CCO.[C-]#[O+].[C-]#[O+].[C-]#[O+].[C-]#[O+].[Co]. The average Bonchev–Trinajstić information content (AvgIpc) is 2.30. The van der Waals surface area contributed by atoms with Crippen molar-refractivity contribution in [1.29, 1.82) is 0 Å². The molecule has 0 aliphatic heterocycles. The standard InChI is InChI=1S/C3H5O2.4CO.Co/c4-2-1-3-5;4*1-2;/h4H,1-2H2;;;;;/q-1;;;;;. The molecule has 0 aliphatic rings. The van der Waals surface area contributed by atoms with Gasteiger partial charge in [-0.15, -0.1) is 6.42 Å². The summed E-state index contributed by atoms with van der Waals surface area (Å²) < 4.78 is 30.0. The Bertz CT molecular complexity index is 112. The van der Waals surface area contributed by atoms with E-state index in [4.69, 9.17) is 28.5 Å².